The molecule has 1 aromatic carbocycles. The summed E-state index contributed by atoms with van der Waals surface area (Å²) in [4.78, 5) is 12.8. The molecule has 1 aromatic rings. The molecule has 4 heteroatoms. The van der Waals surface area contributed by atoms with Gasteiger partial charge in [-0.25, -0.2) is 0 Å². The van der Waals surface area contributed by atoms with E-state index in [1.165, 1.54) is 0 Å². The third kappa shape index (κ3) is 5.41. The molecule has 0 saturated carbocycles. The molecule has 0 aliphatic carbocycles. The summed E-state index contributed by atoms with van der Waals surface area (Å²) < 4.78 is 0. The minimum absolute atomic E-state index is 0.153. The molecule has 0 heterocycles. The van der Waals surface area contributed by atoms with Crippen molar-refractivity contribution >= 4 is 23.3 Å². The Hall–Kier alpha value is -1.22. The first kappa shape index (κ1) is 14.8. The Kier molecular flexibility index (Phi) is 5.99. The van der Waals surface area contributed by atoms with Crippen LogP contribution in [0.5, 0.6) is 0 Å². The van der Waals surface area contributed by atoms with E-state index in [1.54, 1.807) is 0 Å². The highest BCUT2D eigenvalue weighted by Gasteiger charge is 2.09. The van der Waals surface area contributed by atoms with Crippen LogP contribution in [0.15, 0.2) is 24.3 Å². The predicted molar refractivity (Wildman–Crippen MR) is 75.4 cm³/mol. The Bertz CT molecular complexity index is 376. The second kappa shape index (κ2) is 7.27. The SMILES string of the molecule is CC(C)CCN(CCC(=O)O)c1ccc(Cl)cc1. The minimum Gasteiger partial charge on any atom is -0.481 e. The van der Waals surface area contributed by atoms with E-state index in [9.17, 15) is 4.79 Å². The first-order chi connectivity index (χ1) is 8.49. The topological polar surface area (TPSA) is 40.5 Å². The van der Waals surface area contributed by atoms with Gasteiger partial charge in [0.15, 0.2) is 0 Å². The summed E-state index contributed by atoms with van der Waals surface area (Å²) >= 11 is 5.86. The summed E-state index contributed by atoms with van der Waals surface area (Å²) in [6, 6.07) is 7.54. The first-order valence-electron chi connectivity index (χ1n) is 6.21. The fourth-order valence-electron chi connectivity index (χ4n) is 1.67. The highest BCUT2D eigenvalue weighted by atomic mass is 35.5. The number of benzene rings is 1. The molecule has 100 valence electrons. The summed E-state index contributed by atoms with van der Waals surface area (Å²) in [6.07, 6.45) is 1.20. The second-order valence-electron chi connectivity index (χ2n) is 4.79. The lowest BCUT2D eigenvalue weighted by Crippen LogP contribution is -2.28. The van der Waals surface area contributed by atoms with Crippen molar-refractivity contribution in [2.75, 3.05) is 18.0 Å². The predicted octanol–water partition coefficient (Wildman–Crippen LogP) is 3.67. The summed E-state index contributed by atoms with van der Waals surface area (Å²) in [5.74, 6) is -0.164. The Morgan fingerprint density at radius 1 is 1.28 bits per heavy atom. The quantitative estimate of drug-likeness (QED) is 0.821. The van der Waals surface area contributed by atoms with Gasteiger partial charge in [-0.15, -0.1) is 0 Å². The van der Waals surface area contributed by atoms with E-state index in [-0.39, 0.29) is 6.42 Å². The van der Waals surface area contributed by atoms with Gasteiger partial charge in [0.2, 0.25) is 0 Å². The molecule has 0 unspecified atom stereocenters. The summed E-state index contributed by atoms with van der Waals surface area (Å²) in [7, 11) is 0. The molecule has 0 bridgehead atoms. The van der Waals surface area contributed by atoms with Gasteiger partial charge < -0.3 is 10.0 Å². The van der Waals surface area contributed by atoms with Crippen LogP contribution >= 0.6 is 11.6 Å². The molecule has 0 atom stereocenters. The second-order valence-corrected chi connectivity index (χ2v) is 5.23. The van der Waals surface area contributed by atoms with E-state index in [1.807, 2.05) is 24.3 Å². The van der Waals surface area contributed by atoms with Gasteiger partial charge >= 0.3 is 5.97 Å². The van der Waals surface area contributed by atoms with Crippen LogP contribution in [-0.2, 0) is 4.79 Å². The zero-order chi connectivity index (χ0) is 13.5. The third-order valence-corrected chi connectivity index (χ3v) is 3.02. The lowest BCUT2D eigenvalue weighted by atomic mass is 10.1. The number of halogens is 1. The molecule has 0 saturated heterocycles. The first-order valence-corrected chi connectivity index (χ1v) is 6.59. The maximum Gasteiger partial charge on any atom is 0.305 e. The van der Waals surface area contributed by atoms with Gasteiger partial charge in [-0.1, -0.05) is 25.4 Å². The molecular formula is C14H20ClNO2. The average Bonchev–Trinajstić information content (AvgIpc) is 2.30. The number of anilines is 1. The van der Waals surface area contributed by atoms with Crippen LogP contribution in [0.3, 0.4) is 0 Å². The molecule has 3 nitrogen and oxygen atoms in total. The standard InChI is InChI=1S/C14H20ClNO2/c1-11(2)7-9-16(10-8-14(17)18)13-5-3-12(15)4-6-13/h3-6,11H,7-10H2,1-2H3,(H,17,18). The van der Waals surface area contributed by atoms with Crippen molar-refractivity contribution in [2.24, 2.45) is 5.92 Å². The molecule has 0 fully saturated rings. The lowest BCUT2D eigenvalue weighted by molar-refractivity contribution is -0.136. The molecule has 1 rings (SSSR count). The Balaban J connectivity index is 2.68. The smallest absolute Gasteiger partial charge is 0.305 e. The van der Waals surface area contributed by atoms with E-state index in [2.05, 4.69) is 18.7 Å². The Labute approximate surface area is 113 Å². The van der Waals surface area contributed by atoms with E-state index in [0.717, 1.165) is 18.7 Å². The van der Waals surface area contributed by atoms with Gasteiger partial charge in [0.25, 0.3) is 0 Å². The molecule has 0 amide bonds. The van der Waals surface area contributed by atoms with Crippen molar-refractivity contribution in [1.29, 1.82) is 0 Å². The Morgan fingerprint density at radius 3 is 2.39 bits per heavy atom. The Morgan fingerprint density at radius 2 is 1.89 bits per heavy atom. The van der Waals surface area contributed by atoms with Crippen LogP contribution in [0.4, 0.5) is 5.69 Å². The molecule has 0 aliphatic rings. The van der Waals surface area contributed by atoms with Crippen LogP contribution < -0.4 is 4.90 Å². The van der Waals surface area contributed by atoms with Crippen molar-refractivity contribution in [3.63, 3.8) is 0 Å². The van der Waals surface area contributed by atoms with Crippen LogP contribution in [0.1, 0.15) is 26.7 Å². The van der Waals surface area contributed by atoms with Crippen LogP contribution in [0.25, 0.3) is 0 Å². The number of carboxylic acids is 1. The lowest BCUT2D eigenvalue weighted by Gasteiger charge is -2.25. The molecule has 0 radical (unpaired) electrons. The van der Waals surface area contributed by atoms with Gasteiger partial charge in [-0.05, 0) is 36.6 Å². The van der Waals surface area contributed by atoms with Gasteiger partial charge in [-0.3, -0.25) is 4.79 Å². The van der Waals surface area contributed by atoms with Crippen molar-refractivity contribution in [3.05, 3.63) is 29.3 Å². The van der Waals surface area contributed by atoms with Crippen molar-refractivity contribution in [2.45, 2.75) is 26.7 Å². The third-order valence-electron chi connectivity index (χ3n) is 2.76. The van der Waals surface area contributed by atoms with E-state index in [4.69, 9.17) is 16.7 Å². The van der Waals surface area contributed by atoms with Gasteiger partial charge in [0.05, 0.1) is 6.42 Å². The maximum atomic E-state index is 10.7. The van der Waals surface area contributed by atoms with Crippen molar-refractivity contribution in [1.82, 2.24) is 0 Å². The summed E-state index contributed by atoms with van der Waals surface area (Å²) in [5, 5.41) is 9.48. The van der Waals surface area contributed by atoms with E-state index < -0.39 is 5.97 Å². The zero-order valence-corrected chi connectivity index (χ0v) is 11.7. The number of hydrogen-bond donors (Lipinski definition) is 1. The van der Waals surface area contributed by atoms with E-state index in [0.29, 0.717) is 17.5 Å². The van der Waals surface area contributed by atoms with Gasteiger partial charge in [0, 0.05) is 23.8 Å². The maximum absolute atomic E-state index is 10.7. The van der Waals surface area contributed by atoms with Crippen LogP contribution in [0, 0.1) is 5.92 Å². The number of carbonyl (C=O) groups is 1. The number of hydrogen-bond acceptors (Lipinski definition) is 2. The molecule has 0 spiro atoms. The van der Waals surface area contributed by atoms with Crippen LogP contribution in [-0.4, -0.2) is 24.2 Å². The van der Waals surface area contributed by atoms with Crippen LogP contribution in [0.2, 0.25) is 5.02 Å². The molecule has 0 aliphatic heterocycles. The van der Waals surface area contributed by atoms with Crippen molar-refractivity contribution < 1.29 is 9.90 Å². The minimum atomic E-state index is -0.765. The fourth-order valence-corrected chi connectivity index (χ4v) is 1.79. The van der Waals surface area contributed by atoms with Gasteiger partial charge in [-0.2, -0.15) is 0 Å². The van der Waals surface area contributed by atoms with Gasteiger partial charge in [0.1, 0.15) is 0 Å². The fraction of sp³-hybridized carbons (Fsp3) is 0.500. The number of carboxylic acid groups (broad SMARTS) is 1. The highest BCUT2D eigenvalue weighted by Crippen LogP contribution is 2.19. The molecule has 0 aromatic heterocycles. The zero-order valence-electron chi connectivity index (χ0n) is 10.9. The summed E-state index contributed by atoms with van der Waals surface area (Å²) in [5.41, 5.74) is 1.03. The molecule has 1 N–H and O–H groups in total. The van der Waals surface area contributed by atoms with Crippen molar-refractivity contribution in [3.8, 4) is 0 Å². The average molecular weight is 270 g/mol. The number of aliphatic carboxylic acids is 1. The normalized spacial score (nSPS) is 10.7. The monoisotopic (exact) mass is 269 g/mol. The highest BCUT2D eigenvalue weighted by molar-refractivity contribution is 6.30. The summed E-state index contributed by atoms with van der Waals surface area (Å²) in [6.45, 7) is 5.73. The molecular weight excluding hydrogens is 250 g/mol. The largest absolute Gasteiger partial charge is 0.481 e. The number of nitrogens with zero attached hydrogens (tertiary/aromatic N) is 1. The molecule has 18 heavy (non-hydrogen) atoms. The van der Waals surface area contributed by atoms with E-state index >= 15 is 0 Å². The number of rotatable bonds is 7.